The number of carboxylic acid groups (broad SMARTS) is 2. The first-order chi connectivity index (χ1) is 8.59. The van der Waals surface area contributed by atoms with Crippen molar-refractivity contribution < 1.29 is 19.8 Å². The summed E-state index contributed by atoms with van der Waals surface area (Å²) in [6.45, 7) is 0. The van der Waals surface area contributed by atoms with Crippen molar-refractivity contribution in [3.63, 3.8) is 0 Å². The SMILES string of the molecule is O=C([O-])C(=CN(c1ccccc1)C1CC1)C(=O)[O-]. The van der Waals surface area contributed by atoms with Crippen molar-refractivity contribution in [2.45, 2.75) is 18.9 Å². The molecule has 0 aromatic heterocycles. The lowest BCUT2D eigenvalue weighted by Crippen LogP contribution is -2.38. The Hall–Kier alpha value is -2.30. The standard InChI is InChI=1S/C13H13NO4/c15-12(16)11(13(17)18)8-14(10-6-7-10)9-4-2-1-3-5-9/h1-5,8,10H,6-7H2,(H,15,16)(H,17,18)/p-2. The van der Waals surface area contributed by atoms with Crippen LogP contribution in [0.2, 0.25) is 0 Å². The molecule has 2 rings (SSSR count). The third-order valence-corrected chi connectivity index (χ3v) is 2.70. The summed E-state index contributed by atoms with van der Waals surface area (Å²) in [6.07, 6.45) is 2.88. The van der Waals surface area contributed by atoms with Gasteiger partial charge in [-0.3, -0.25) is 0 Å². The number of carbonyl (C=O) groups is 2. The lowest BCUT2D eigenvalue weighted by Gasteiger charge is -2.22. The Morgan fingerprint density at radius 1 is 1.11 bits per heavy atom. The van der Waals surface area contributed by atoms with Crippen molar-refractivity contribution in [2.24, 2.45) is 0 Å². The van der Waals surface area contributed by atoms with Gasteiger partial charge in [0.2, 0.25) is 0 Å². The molecule has 1 fully saturated rings. The highest BCUT2D eigenvalue weighted by Gasteiger charge is 2.28. The summed E-state index contributed by atoms with van der Waals surface area (Å²) in [4.78, 5) is 23.1. The summed E-state index contributed by atoms with van der Waals surface area (Å²) >= 11 is 0. The molecule has 1 saturated carbocycles. The molecule has 0 amide bonds. The molecular formula is C13H11NO4-2. The molecule has 0 unspecified atom stereocenters. The first-order valence-electron chi connectivity index (χ1n) is 5.57. The van der Waals surface area contributed by atoms with Crippen molar-refractivity contribution in [1.29, 1.82) is 0 Å². The molecule has 0 radical (unpaired) electrons. The molecule has 5 nitrogen and oxygen atoms in total. The van der Waals surface area contributed by atoms with Gasteiger partial charge in [-0.2, -0.15) is 0 Å². The van der Waals surface area contributed by atoms with Crippen LogP contribution in [0.1, 0.15) is 12.8 Å². The van der Waals surface area contributed by atoms with Crippen LogP contribution in [0.5, 0.6) is 0 Å². The van der Waals surface area contributed by atoms with Gasteiger partial charge in [-0.1, -0.05) is 18.2 Å². The van der Waals surface area contributed by atoms with E-state index in [-0.39, 0.29) is 6.04 Å². The molecule has 1 aliphatic rings. The average molecular weight is 245 g/mol. The molecule has 0 bridgehead atoms. The normalized spacial score (nSPS) is 13.8. The fraction of sp³-hybridized carbons (Fsp3) is 0.231. The number of carbonyl (C=O) groups excluding carboxylic acids is 2. The maximum absolute atomic E-state index is 10.7. The quantitative estimate of drug-likeness (QED) is 0.379. The van der Waals surface area contributed by atoms with Crippen LogP contribution in [-0.2, 0) is 9.59 Å². The second-order valence-electron chi connectivity index (χ2n) is 4.09. The van der Waals surface area contributed by atoms with Crippen LogP contribution in [-0.4, -0.2) is 18.0 Å². The zero-order valence-electron chi connectivity index (χ0n) is 9.54. The van der Waals surface area contributed by atoms with E-state index >= 15 is 0 Å². The Kier molecular flexibility index (Phi) is 3.32. The Morgan fingerprint density at radius 2 is 1.67 bits per heavy atom. The smallest absolute Gasteiger partial charge is 0.0748 e. The van der Waals surface area contributed by atoms with Gasteiger partial charge in [0.15, 0.2) is 0 Å². The van der Waals surface area contributed by atoms with E-state index in [1.165, 1.54) is 0 Å². The van der Waals surface area contributed by atoms with E-state index in [0.717, 1.165) is 24.7 Å². The molecule has 0 heterocycles. The fourth-order valence-electron chi connectivity index (χ4n) is 1.67. The first kappa shape index (κ1) is 12.2. The summed E-state index contributed by atoms with van der Waals surface area (Å²) in [6, 6.07) is 9.15. The number of para-hydroxylation sites is 1. The van der Waals surface area contributed by atoms with Crippen molar-refractivity contribution in [2.75, 3.05) is 4.90 Å². The molecule has 0 aliphatic heterocycles. The maximum atomic E-state index is 10.7. The third-order valence-electron chi connectivity index (χ3n) is 2.70. The molecule has 1 aromatic rings. The highest BCUT2D eigenvalue weighted by Crippen LogP contribution is 2.32. The minimum atomic E-state index is -1.74. The minimum Gasteiger partial charge on any atom is -0.545 e. The molecule has 5 heteroatoms. The molecule has 0 saturated heterocycles. The van der Waals surface area contributed by atoms with Crippen LogP contribution in [0, 0.1) is 0 Å². The zero-order valence-corrected chi connectivity index (χ0v) is 9.54. The summed E-state index contributed by atoms with van der Waals surface area (Å²) in [5, 5.41) is 21.4. The monoisotopic (exact) mass is 245 g/mol. The maximum Gasteiger partial charge on any atom is 0.0748 e. The van der Waals surface area contributed by atoms with Gasteiger partial charge < -0.3 is 24.7 Å². The van der Waals surface area contributed by atoms with Crippen LogP contribution in [0.15, 0.2) is 42.1 Å². The first-order valence-corrected chi connectivity index (χ1v) is 5.57. The van der Waals surface area contributed by atoms with Crippen LogP contribution in [0.25, 0.3) is 0 Å². The van der Waals surface area contributed by atoms with Gasteiger partial charge in [0.25, 0.3) is 0 Å². The molecule has 0 atom stereocenters. The summed E-state index contributed by atoms with van der Waals surface area (Å²) < 4.78 is 0. The number of benzene rings is 1. The highest BCUT2D eigenvalue weighted by molar-refractivity contribution is 6.10. The van der Waals surface area contributed by atoms with Crippen molar-refractivity contribution in [3.8, 4) is 0 Å². The Balaban J connectivity index is 2.34. The Morgan fingerprint density at radius 3 is 2.11 bits per heavy atom. The lowest BCUT2D eigenvalue weighted by molar-refractivity contribution is -0.312. The van der Waals surface area contributed by atoms with E-state index in [4.69, 9.17) is 0 Å². The second-order valence-corrected chi connectivity index (χ2v) is 4.09. The minimum absolute atomic E-state index is 0.140. The van der Waals surface area contributed by atoms with Crippen molar-refractivity contribution >= 4 is 17.6 Å². The largest absolute Gasteiger partial charge is 0.545 e. The van der Waals surface area contributed by atoms with Crippen LogP contribution in [0.3, 0.4) is 0 Å². The van der Waals surface area contributed by atoms with Crippen molar-refractivity contribution in [1.82, 2.24) is 0 Å². The molecule has 18 heavy (non-hydrogen) atoms. The van der Waals surface area contributed by atoms with Crippen molar-refractivity contribution in [3.05, 3.63) is 42.1 Å². The van der Waals surface area contributed by atoms with E-state index < -0.39 is 17.5 Å². The van der Waals surface area contributed by atoms with Gasteiger partial charge in [0.1, 0.15) is 0 Å². The van der Waals surface area contributed by atoms with Gasteiger partial charge in [-0.25, -0.2) is 0 Å². The number of anilines is 1. The van der Waals surface area contributed by atoms with E-state index in [2.05, 4.69) is 0 Å². The molecule has 0 spiro atoms. The van der Waals surface area contributed by atoms with Gasteiger partial charge in [-0.15, -0.1) is 0 Å². The summed E-state index contributed by atoms with van der Waals surface area (Å²) in [7, 11) is 0. The second kappa shape index (κ2) is 4.91. The molecule has 94 valence electrons. The fourth-order valence-corrected chi connectivity index (χ4v) is 1.67. The van der Waals surface area contributed by atoms with E-state index in [0.29, 0.717) is 0 Å². The summed E-state index contributed by atoms with van der Waals surface area (Å²) in [5.74, 6) is -3.48. The number of aliphatic carboxylic acids is 2. The Labute approximate surface area is 104 Å². The lowest BCUT2D eigenvalue weighted by atomic mass is 10.2. The predicted molar refractivity (Wildman–Crippen MR) is 60.0 cm³/mol. The third kappa shape index (κ3) is 2.68. The molecule has 1 aromatic carbocycles. The summed E-state index contributed by atoms with van der Waals surface area (Å²) in [5.41, 5.74) is -0.0919. The Bertz CT molecular complexity index is 475. The number of hydrogen-bond acceptors (Lipinski definition) is 5. The van der Waals surface area contributed by atoms with E-state index in [9.17, 15) is 19.8 Å². The van der Waals surface area contributed by atoms with E-state index in [1.807, 2.05) is 6.07 Å². The number of nitrogens with zero attached hydrogens (tertiary/aromatic N) is 1. The molecule has 0 N–H and O–H groups in total. The number of carboxylic acids is 2. The van der Waals surface area contributed by atoms with Gasteiger partial charge in [-0.05, 0) is 25.0 Å². The van der Waals surface area contributed by atoms with Gasteiger partial charge >= 0.3 is 0 Å². The highest BCUT2D eigenvalue weighted by atomic mass is 16.4. The van der Waals surface area contributed by atoms with Gasteiger partial charge in [0.05, 0.1) is 11.9 Å². The topological polar surface area (TPSA) is 83.5 Å². The number of rotatable bonds is 5. The van der Waals surface area contributed by atoms with Crippen LogP contribution < -0.4 is 15.1 Å². The zero-order chi connectivity index (χ0) is 13.1. The molecule has 1 aliphatic carbocycles. The van der Waals surface area contributed by atoms with Crippen LogP contribution >= 0.6 is 0 Å². The predicted octanol–water partition coefficient (Wildman–Crippen LogP) is -0.961. The number of hydrogen-bond donors (Lipinski definition) is 0. The van der Waals surface area contributed by atoms with Crippen LogP contribution in [0.4, 0.5) is 5.69 Å². The molecular weight excluding hydrogens is 234 g/mol. The van der Waals surface area contributed by atoms with Gasteiger partial charge in [0, 0.05) is 23.5 Å². The average Bonchev–Trinajstić information content (AvgIpc) is 3.14. The van der Waals surface area contributed by atoms with E-state index in [1.54, 1.807) is 29.2 Å².